The van der Waals surface area contributed by atoms with Crippen molar-refractivity contribution in [1.82, 2.24) is 0 Å². The van der Waals surface area contributed by atoms with Gasteiger partial charge in [0.25, 0.3) is 0 Å². The van der Waals surface area contributed by atoms with Crippen molar-refractivity contribution in [3.8, 4) is 0 Å². The lowest BCUT2D eigenvalue weighted by atomic mass is 9.59. The Morgan fingerprint density at radius 3 is 1.73 bits per heavy atom. The number of alkyl halides is 2. The molecule has 0 radical (unpaired) electrons. The summed E-state index contributed by atoms with van der Waals surface area (Å²) in [5.74, 6) is 2.32. The van der Waals surface area contributed by atoms with Crippen LogP contribution in [0.25, 0.3) is 0 Å². The van der Waals surface area contributed by atoms with E-state index in [2.05, 4.69) is 94.2 Å². The summed E-state index contributed by atoms with van der Waals surface area (Å²) < 4.78 is 53.8. The van der Waals surface area contributed by atoms with E-state index in [1.807, 2.05) is 67.6 Å². The third kappa shape index (κ3) is 10.9. The molecule has 0 N–H and O–H groups in total. The molecule has 0 bridgehead atoms. The van der Waals surface area contributed by atoms with Crippen LogP contribution in [0.5, 0.6) is 0 Å². The first-order valence-corrected chi connectivity index (χ1v) is 29.2. The molecule has 0 aliphatic heterocycles. The van der Waals surface area contributed by atoms with Gasteiger partial charge >= 0.3 is 0 Å². The van der Waals surface area contributed by atoms with Crippen LogP contribution in [-0.4, -0.2) is 41.4 Å². The normalized spacial score (nSPS) is 27.0. The zero-order valence-corrected chi connectivity index (χ0v) is 40.3. The molecule has 3 fully saturated rings. The summed E-state index contributed by atoms with van der Waals surface area (Å²) in [5, 5.41) is 1.99. The highest BCUT2D eigenvalue weighted by molar-refractivity contribution is 7.78. The Hall–Kier alpha value is -1.64. The van der Waals surface area contributed by atoms with Crippen molar-refractivity contribution in [2.24, 2.45) is 29.1 Å². The molecule has 5 rings (SSSR count). The fourth-order valence-electron chi connectivity index (χ4n) is 9.44. The zero-order chi connectivity index (χ0) is 41.9. The number of hydrogen-bond donors (Lipinski definition) is 0. The van der Waals surface area contributed by atoms with E-state index in [1.54, 1.807) is 0 Å². The molecule has 2 aromatic rings. The van der Waals surface area contributed by atoms with E-state index < -0.39 is 30.2 Å². The summed E-state index contributed by atoms with van der Waals surface area (Å²) >= 11 is 0. The Morgan fingerprint density at radius 1 is 0.839 bits per heavy atom. The molecule has 3 nitrogen and oxygen atoms in total. The molecule has 3 saturated carbocycles. The summed E-state index contributed by atoms with van der Waals surface area (Å²) in [5.41, 5.74) is 2.68. The van der Waals surface area contributed by atoms with E-state index in [0.717, 1.165) is 40.9 Å². The number of halogens is 2. The molecular formula is C48H77F2O3PSi2. The van der Waals surface area contributed by atoms with E-state index in [4.69, 9.17) is 8.85 Å². The average molecular weight is 827 g/mol. The van der Waals surface area contributed by atoms with Gasteiger partial charge in [-0.3, -0.25) is 0 Å². The molecule has 8 heteroatoms. The van der Waals surface area contributed by atoms with E-state index in [-0.39, 0.29) is 34.6 Å². The van der Waals surface area contributed by atoms with E-state index in [1.165, 1.54) is 37.7 Å². The van der Waals surface area contributed by atoms with Crippen LogP contribution in [0, 0.1) is 29.1 Å². The minimum absolute atomic E-state index is 0.0894. The van der Waals surface area contributed by atoms with Gasteiger partial charge in [-0.15, -0.1) is 0 Å². The van der Waals surface area contributed by atoms with E-state index in [0.29, 0.717) is 17.5 Å². The second kappa shape index (κ2) is 18.3. The number of hydrogen-bond acceptors (Lipinski definition) is 3. The molecule has 0 amide bonds. The van der Waals surface area contributed by atoms with E-state index in [9.17, 15) is 13.3 Å². The molecule has 0 saturated heterocycles. The van der Waals surface area contributed by atoms with Crippen molar-refractivity contribution in [3.05, 3.63) is 84.5 Å². The summed E-state index contributed by atoms with van der Waals surface area (Å²) in [6, 6.07) is 19.9. The van der Waals surface area contributed by atoms with Gasteiger partial charge < -0.3 is 13.4 Å². The molecule has 0 spiro atoms. The van der Waals surface area contributed by atoms with Crippen molar-refractivity contribution in [3.63, 3.8) is 0 Å². The third-order valence-electron chi connectivity index (χ3n) is 15.0. The summed E-state index contributed by atoms with van der Waals surface area (Å²) in [6.45, 7) is 34.3. The molecule has 0 unspecified atom stereocenters. The minimum Gasteiger partial charge on any atom is -0.410 e. The molecule has 0 aromatic heterocycles. The second-order valence-electron chi connectivity index (χ2n) is 20.9. The maximum Gasteiger partial charge on any atom is 0.238 e. The lowest BCUT2D eigenvalue weighted by Gasteiger charge is -2.46. The van der Waals surface area contributed by atoms with Gasteiger partial charge in [0, 0.05) is 23.2 Å². The quantitative estimate of drug-likeness (QED) is 0.129. The Kier molecular flexibility index (Phi) is 15.4. The van der Waals surface area contributed by atoms with Crippen LogP contribution in [0.1, 0.15) is 114 Å². The van der Waals surface area contributed by atoms with Crippen molar-refractivity contribution in [2.45, 2.75) is 169 Å². The van der Waals surface area contributed by atoms with Crippen LogP contribution in [0.3, 0.4) is 0 Å². The van der Waals surface area contributed by atoms with Gasteiger partial charge in [0.05, 0.1) is 12.2 Å². The fraction of sp³-hybridized carbons (Fsp3) is 0.667. The maximum absolute atomic E-state index is 14.7. The second-order valence-corrected chi connectivity index (χ2v) is 33.3. The van der Waals surface area contributed by atoms with Crippen LogP contribution in [0.2, 0.25) is 36.3 Å². The standard InChI is InChI=1S/C33H51O3PSi2.C15H26F2/c1-26-30(35-38(8,9)32(2,3)4)24-27(25-31(26)36-39(10,11)33(5,6)7)22-23-37(34,28-18-14-12-15-19-28)29-20-16-13-17-21-29;1-10-5-4-8-15(3)12(10)6-7-13(15)11(2)9-14(16)17/h12-22,30-31H,1,23-25H2,2-11H3;10-14H,4-9H2,1-3H3/t30-,31-;10-,11+,12-,13+,15-/m10/s1. The molecule has 2 aromatic carbocycles. The van der Waals surface area contributed by atoms with Crippen LogP contribution >= 0.6 is 7.14 Å². The predicted octanol–water partition coefficient (Wildman–Crippen LogP) is 14.2. The van der Waals surface area contributed by atoms with Crippen molar-refractivity contribution >= 4 is 34.4 Å². The van der Waals surface area contributed by atoms with Gasteiger partial charge in [-0.2, -0.15) is 0 Å². The van der Waals surface area contributed by atoms with Gasteiger partial charge in [-0.1, -0.05) is 154 Å². The lowest BCUT2D eigenvalue weighted by Crippen LogP contribution is -2.49. The van der Waals surface area contributed by atoms with Crippen molar-refractivity contribution < 1.29 is 22.2 Å². The number of rotatable bonds is 11. The highest BCUT2D eigenvalue weighted by Gasteiger charge is 2.51. The van der Waals surface area contributed by atoms with Crippen LogP contribution < -0.4 is 10.6 Å². The highest BCUT2D eigenvalue weighted by Crippen LogP contribution is 2.60. The smallest absolute Gasteiger partial charge is 0.238 e. The van der Waals surface area contributed by atoms with Gasteiger partial charge in [0.15, 0.2) is 16.6 Å². The largest absolute Gasteiger partial charge is 0.410 e. The Morgan fingerprint density at radius 2 is 1.30 bits per heavy atom. The summed E-state index contributed by atoms with van der Waals surface area (Å²) in [7, 11) is -6.92. The molecule has 3 aliphatic rings. The highest BCUT2D eigenvalue weighted by atomic mass is 31.2. The zero-order valence-electron chi connectivity index (χ0n) is 37.4. The van der Waals surface area contributed by atoms with Gasteiger partial charge in [0.1, 0.15) is 7.14 Å². The lowest BCUT2D eigenvalue weighted by molar-refractivity contribution is 0.0175. The first-order chi connectivity index (χ1) is 25.8. The monoisotopic (exact) mass is 827 g/mol. The SMILES string of the molecule is C=C1[C@H](O[Si](C)(C)C(C)(C)C)CC(=CCP(=O)(c2ccccc2)c2ccccc2)C[C@H]1O[Si](C)(C)C(C)(C)C.C[C@H](CC(F)F)[C@H]1CC[C@H]2[C@@H](C)CCC[C@]12C. The minimum atomic E-state index is -2.84. The third-order valence-corrected chi connectivity index (χ3v) is 26.9. The number of allylic oxidation sites excluding steroid dienone is 1. The van der Waals surface area contributed by atoms with Crippen molar-refractivity contribution in [1.29, 1.82) is 0 Å². The van der Waals surface area contributed by atoms with Crippen LogP contribution in [0.15, 0.2) is 84.5 Å². The molecule has 56 heavy (non-hydrogen) atoms. The van der Waals surface area contributed by atoms with Gasteiger partial charge in [-0.05, 0) is 103 Å². The van der Waals surface area contributed by atoms with Crippen LogP contribution in [-0.2, 0) is 13.4 Å². The fourth-order valence-corrected chi connectivity index (χ4v) is 14.6. The molecular weight excluding hydrogens is 750 g/mol. The Bertz CT molecular complexity index is 1580. The molecule has 7 atom stereocenters. The summed E-state index contributed by atoms with van der Waals surface area (Å²) in [6.07, 6.45) is 8.44. The summed E-state index contributed by atoms with van der Waals surface area (Å²) in [4.78, 5) is 0. The maximum atomic E-state index is 14.7. The Balaban J connectivity index is 0.000000339. The molecule has 3 aliphatic carbocycles. The average Bonchev–Trinajstić information content (AvgIpc) is 3.47. The molecule has 0 heterocycles. The van der Waals surface area contributed by atoms with Gasteiger partial charge in [0.2, 0.25) is 6.43 Å². The first kappa shape index (κ1) is 47.0. The number of fused-ring (bicyclic) bond motifs is 1. The van der Waals surface area contributed by atoms with Gasteiger partial charge in [-0.25, -0.2) is 8.78 Å². The first-order valence-electron chi connectivity index (χ1n) is 21.5. The molecule has 314 valence electrons. The predicted molar refractivity (Wildman–Crippen MR) is 242 cm³/mol. The van der Waals surface area contributed by atoms with Crippen molar-refractivity contribution in [2.75, 3.05) is 6.16 Å². The Labute approximate surface area is 343 Å². The topological polar surface area (TPSA) is 35.5 Å². The van der Waals surface area contributed by atoms with Crippen LogP contribution in [0.4, 0.5) is 8.78 Å². The number of benzene rings is 2. The van der Waals surface area contributed by atoms with E-state index >= 15 is 0 Å².